The highest BCUT2D eigenvalue weighted by Crippen LogP contribution is 2.20. The minimum absolute atomic E-state index is 0.0755. The lowest BCUT2D eigenvalue weighted by molar-refractivity contribution is 0.369. The Morgan fingerprint density at radius 2 is 2.07 bits per heavy atom. The number of aromatic nitrogens is 4. The van der Waals surface area contributed by atoms with Gasteiger partial charge in [0.15, 0.2) is 5.82 Å². The predicted octanol–water partition coefficient (Wildman–Crippen LogP) is 4.40. The first-order valence-corrected chi connectivity index (χ1v) is 9.73. The zero-order valence-corrected chi connectivity index (χ0v) is 17.4. The molecule has 0 aliphatic carbocycles. The minimum Gasteiger partial charge on any atom is -0.382 e. The van der Waals surface area contributed by atoms with E-state index in [4.69, 9.17) is 27.7 Å². The number of nitrogens with one attached hydrogen (secondary N) is 1. The van der Waals surface area contributed by atoms with Gasteiger partial charge in [-0.25, -0.2) is 0 Å². The zero-order chi connectivity index (χ0) is 20.3. The first kappa shape index (κ1) is 20.4. The highest BCUT2D eigenvalue weighted by atomic mass is 35.5. The summed E-state index contributed by atoms with van der Waals surface area (Å²) < 4.78 is 6.44. The molecule has 9 heteroatoms. The summed E-state index contributed by atoms with van der Waals surface area (Å²) in [6.45, 7) is 6.50. The molecule has 0 saturated carbocycles. The van der Waals surface area contributed by atoms with Gasteiger partial charge in [0.2, 0.25) is 5.89 Å². The number of halogens is 2. The molecule has 0 aliphatic heterocycles. The van der Waals surface area contributed by atoms with Crippen molar-refractivity contribution in [3.8, 4) is 5.69 Å². The van der Waals surface area contributed by atoms with Gasteiger partial charge in [0.1, 0.15) is 5.02 Å². The Morgan fingerprint density at radius 1 is 1.29 bits per heavy atom. The first-order chi connectivity index (χ1) is 13.4. The Hall–Kier alpha value is -2.38. The van der Waals surface area contributed by atoms with Crippen LogP contribution in [-0.2, 0) is 6.42 Å². The molecule has 148 valence electrons. The van der Waals surface area contributed by atoms with Crippen molar-refractivity contribution in [2.45, 2.75) is 39.5 Å². The smallest absolute Gasteiger partial charge is 0.292 e. The maximum atomic E-state index is 12.6. The highest BCUT2D eigenvalue weighted by Gasteiger charge is 2.12. The first-order valence-electron chi connectivity index (χ1n) is 8.97. The summed E-state index contributed by atoms with van der Waals surface area (Å²) >= 11 is 12.4. The van der Waals surface area contributed by atoms with Crippen LogP contribution in [0.1, 0.15) is 43.5 Å². The van der Waals surface area contributed by atoms with Crippen LogP contribution in [0.5, 0.6) is 0 Å². The molecule has 28 heavy (non-hydrogen) atoms. The normalized spacial score (nSPS) is 11.2. The molecule has 2 aromatic heterocycles. The van der Waals surface area contributed by atoms with Crippen LogP contribution in [0, 0.1) is 6.92 Å². The van der Waals surface area contributed by atoms with Crippen LogP contribution in [0.2, 0.25) is 10.0 Å². The summed E-state index contributed by atoms with van der Waals surface area (Å²) in [5, 5.41) is 11.9. The Balaban J connectivity index is 1.64. The molecular weight excluding hydrogens is 401 g/mol. The van der Waals surface area contributed by atoms with Crippen LogP contribution in [-0.4, -0.2) is 26.5 Å². The van der Waals surface area contributed by atoms with E-state index in [2.05, 4.69) is 20.6 Å². The van der Waals surface area contributed by atoms with Crippen LogP contribution in [0.4, 0.5) is 5.69 Å². The van der Waals surface area contributed by atoms with Gasteiger partial charge in [-0.2, -0.15) is 14.8 Å². The second-order valence-corrected chi connectivity index (χ2v) is 7.54. The van der Waals surface area contributed by atoms with E-state index in [0.29, 0.717) is 41.1 Å². The maximum Gasteiger partial charge on any atom is 0.292 e. The molecule has 0 amide bonds. The molecule has 0 spiro atoms. The Kier molecular flexibility index (Phi) is 6.36. The minimum atomic E-state index is -0.412. The molecule has 1 N–H and O–H groups in total. The second-order valence-electron chi connectivity index (χ2n) is 6.75. The van der Waals surface area contributed by atoms with E-state index in [9.17, 15) is 4.79 Å². The highest BCUT2D eigenvalue weighted by molar-refractivity contribution is 6.33. The number of rotatable bonds is 7. The topological polar surface area (TPSA) is 85.8 Å². The summed E-state index contributed by atoms with van der Waals surface area (Å²) in [7, 11) is 0. The summed E-state index contributed by atoms with van der Waals surface area (Å²) in [4.78, 5) is 16.9. The fourth-order valence-electron chi connectivity index (χ4n) is 2.52. The Morgan fingerprint density at radius 3 is 2.75 bits per heavy atom. The second kappa shape index (κ2) is 8.75. The molecule has 0 unspecified atom stereocenters. The summed E-state index contributed by atoms with van der Waals surface area (Å²) in [6.07, 6.45) is 2.91. The van der Waals surface area contributed by atoms with Crippen molar-refractivity contribution in [1.29, 1.82) is 0 Å². The molecule has 0 saturated heterocycles. The summed E-state index contributed by atoms with van der Waals surface area (Å²) in [5.74, 6) is 1.53. The van der Waals surface area contributed by atoms with E-state index in [1.165, 1.54) is 10.9 Å². The van der Waals surface area contributed by atoms with E-state index in [-0.39, 0.29) is 10.9 Å². The van der Waals surface area contributed by atoms with Crippen LogP contribution in [0.15, 0.2) is 33.7 Å². The molecule has 7 nitrogen and oxygen atoms in total. The molecule has 3 rings (SSSR count). The van der Waals surface area contributed by atoms with Gasteiger partial charge in [0.05, 0.1) is 17.6 Å². The van der Waals surface area contributed by atoms with E-state index in [1.54, 1.807) is 12.1 Å². The molecule has 3 aromatic rings. The van der Waals surface area contributed by atoms with Gasteiger partial charge in [0.25, 0.3) is 5.56 Å². The van der Waals surface area contributed by atoms with Crippen LogP contribution >= 0.6 is 23.2 Å². The monoisotopic (exact) mass is 421 g/mol. The summed E-state index contributed by atoms with van der Waals surface area (Å²) in [5.41, 5.74) is 1.55. The summed E-state index contributed by atoms with van der Waals surface area (Å²) in [6, 6.07) is 5.29. The van der Waals surface area contributed by atoms with Crippen molar-refractivity contribution in [2.24, 2.45) is 0 Å². The zero-order valence-electron chi connectivity index (χ0n) is 15.9. The lowest BCUT2D eigenvalue weighted by atomic mass is 10.2. The van der Waals surface area contributed by atoms with E-state index < -0.39 is 5.56 Å². The molecule has 1 aromatic carbocycles. The van der Waals surface area contributed by atoms with Crippen molar-refractivity contribution in [3.05, 3.63) is 62.1 Å². The van der Waals surface area contributed by atoms with Crippen LogP contribution in [0.25, 0.3) is 5.69 Å². The van der Waals surface area contributed by atoms with Crippen molar-refractivity contribution in [2.75, 3.05) is 11.9 Å². The molecular formula is C19H21Cl2N5O2. The van der Waals surface area contributed by atoms with Crippen LogP contribution in [0.3, 0.4) is 0 Å². The molecule has 0 fully saturated rings. The van der Waals surface area contributed by atoms with Gasteiger partial charge in [-0.1, -0.05) is 48.3 Å². The Labute approximate surface area is 172 Å². The molecule has 0 bridgehead atoms. The predicted molar refractivity (Wildman–Crippen MR) is 110 cm³/mol. The average Bonchev–Trinajstić information content (AvgIpc) is 3.14. The lowest BCUT2D eigenvalue weighted by Gasteiger charge is -2.10. The molecule has 0 atom stereocenters. The van der Waals surface area contributed by atoms with Gasteiger partial charge in [-0.15, -0.1) is 0 Å². The number of benzene rings is 1. The van der Waals surface area contributed by atoms with Crippen molar-refractivity contribution >= 4 is 28.9 Å². The van der Waals surface area contributed by atoms with Crippen molar-refractivity contribution in [1.82, 2.24) is 19.9 Å². The number of anilines is 1. The molecule has 0 radical (unpaired) electrons. The number of hydrogen-bond acceptors (Lipinski definition) is 6. The third-order valence-electron chi connectivity index (χ3n) is 4.20. The standard InChI is InChI=1S/C19H21Cl2N5O2/c1-11(2)18-24-16(28-25-18)5-4-8-22-15-10-23-26(19(27)17(15)21)13-7-6-12(3)14(20)9-13/h6-7,9-11,22H,4-5,8H2,1-3H3. The van der Waals surface area contributed by atoms with Crippen molar-refractivity contribution in [3.63, 3.8) is 0 Å². The van der Waals surface area contributed by atoms with Gasteiger partial charge in [0, 0.05) is 23.9 Å². The maximum absolute atomic E-state index is 12.6. The van der Waals surface area contributed by atoms with E-state index in [1.807, 2.05) is 26.8 Å². The third kappa shape index (κ3) is 4.54. The molecule has 2 heterocycles. The number of hydrogen-bond donors (Lipinski definition) is 1. The van der Waals surface area contributed by atoms with Gasteiger partial charge in [-0.05, 0) is 31.0 Å². The quantitative estimate of drug-likeness (QED) is 0.568. The fraction of sp³-hybridized carbons (Fsp3) is 0.368. The Bertz CT molecular complexity index is 1030. The third-order valence-corrected chi connectivity index (χ3v) is 4.97. The fourth-order valence-corrected chi connectivity index (χ4v) is 2.89. The average molecular weight is 422 g/mol. The SMILES string of the molecule is Cc1ccc(-n2ncc(NCCCc3nc(C(C)C)no3)c(Cl)c2=O)cc1Cl. The lowest BCUT2D eigenvalue weighted by Crippen LogP contribution is -2.23. The van der Waals surface area contributed by atoms with Gasteiger partial charge in [-0.3, -0.25) is 4.79 Å². The van der Waals surface area contributed by atoms with Gasteiger partial charge >= 0.3 is 0 Å². The van der Waals surface area contributed by atoms with Crippen molar-refractivity contribution < 1.29 is 4.52 Å². The van der Waals surface area contributed by atoms with E-state index >= 15 is 0 Å². The van der Waals surface area contributed by atoms with Crippen LogP contribution < -0.4 is 10.9 Å². The van der Waals surface area contributed by atoms with E-state index in [0.717, 1.165) is 12.0 Å². The number of nitrogens with zero attached hydrogens (tertiary/aromatic N) is 4. The largest absolute Gasteiger partial charge is 0.382 e. The molecule has 0 aliphatic rings. The number of aryl methyl sites for hydroxylation is 2. The van der Waals surface area contributed by atoms with Gasteiger partial charge < -0.3 is 9.84 Å².